The predicted octanol–water partition coefficient (Wildman–Crippen LogP) is 3.87. The maximum Gasteiger partial charge on any atom is 0.417 e. The third-order valence-corrected chi connectivity index (χ3v) is 4.62. The number of hydrogen-bond acceptors (Lipinski definition) is 5. The van der Waals surface area contributed by atoms with E-state index in [-0.39, 0.29) is 17.9 Å². The number of anilines is 2. The van der Waals surface area contributed by atoms with Crippen LogP contribution in [0.5, 0.6) is 0 Å². The summed E-state index contributed by atoms with van der Waals surface area (Å²) in [6.07, 6.45) is -3.02. The lowest BCUT2D eigenvalue weighted by atomic mass is 10.0. The first-order valence-corrected chi connectivity index (χ1v) is 9.37. The fourth-order valence-corrected chi connectivity index (χ4v) is 3.14. The standard InChI is InChI=1S/C20H18F3N7O/c1-3-24-18(31)14-6-4-11(9-15(14)20(21,22)23)17-27-19(30(2)29-17)26-13-5-7-16-12(8-13)10-25-28-16/h4-10H,3H2,1-2H3,(H,24,31)(H,25,28)(H,26,27,29). The highest BCUT2D eigenvalue weighted by Gasteiger charge is 2.35. The van der Waals surface area contributed by atoms with Crippen molar-refractivity contribution in [1.82, 2.24) is 30.3 Å². The molecule has 0 aliphatic heterocycles. The van der Waals surface area contributed by atoms with Gasteiger partial charge < -0.3 is 10.6 Å². The molecule has 1 amide bonds. The molecule has 3 N–H and O–H groups in total. The molecule has 160 valence electrons. The number of halogens is 3. The van der Waals surface area contributed by atoms with Crippen LogP contribution in [0.3, 0.4) is 0 Å². The van der Waals surface area contributed by atoms with Gasteiger partial charge in [0, 0.05) is 30.2 Å². The monoisotopic (exact) mass is 429 g/mol. The number of hydrogen-bond donors (Lipinski definition) is 3. The minimum atomic E-state index is -4.70. The first kappa shape index (κ1) is 20.4. The van der Waals surface area contributed by atoms with Gasteiger partial charge in [-0.1, -0.05) is 6.07 Å². The van der Waals surface area contributed by atoms with Crippen LogP contribution in [0, 0.1) is 0 Å². The Morgan fingerprint density at radius 2 is 2.00 bits per heavy atom. The topological polar surface area (TPSA) is 101 Å². The minimum Gasteiger partial charge on any atom is -0.352 e. The van der Waals surface area contributed by atoms with E-state index >= 15 is 0 Å². The summed E-state index contributed by atoms with van der Waals surface area (Å²) in [5.41, 5.74) is 0.257. The Morgan fingerprint density at radius 3 is 2.74 bits per heavy atom. The lowest BCUT2D eigenvalue weighted by Crippen LogP contribution is -2.26. The molecular formula is C20H18F3N7O. The second-order valence-electron chi connectivity index (χ2n) is 6.80. The number of carbonyl (C=O) groups excluding carboxylic acids is 1. The molecule has 4 aromatic rings. The molecule has 0 spiro atoms. The number of benzene rings is 2. The van der Waals surface area contributed by atoms with Gasteiger partial charge in [0.15, 0.2) is 5.82 Å². The normalized spacial score (nSPS) is 11.6. The molecule has 0 fully saturated rings. The summed E-state index contributed by atoms with van der Waals surface area (Å²) in [7, 11) is 1.63. The Bertz CT molecular complexity index is 1260. The van der Waals surface area contributed by atoms with E-state index in [2.05, 4.69) is 30.9 Å². The quantitative estimate of drug-likeness (QED) is 0.447. The molecule has 0 unspecified atom stereocenters. The third-order valence-electron chi connectivity index (χ3n) is 4.62. The van der Waals surface area contributed by atoms with Crippen molar-refractivity contribution in [3.63, 3.8) is 0 Å². The molecule has 2 aromatic heterocycles. The largest absolute Gasteiger partial charge is 0.417 e. The van der Waals surface area contributed by atoms with Crippen LogP contribution >= 0.6 is 0 Å². The highest BCUT2D eigenvalue weighted by atomic mass is 19.4. The molecule has 0 saturated carbocycles. The van der Waals surface area contributed by atoms with E-state index < -0.39 is 23.2 Å². The molecule has 2 heterocycles. The van der Waals surface area contributed by atoms with Gasteiger partial charge in [-0.15, -0.1) is 5.10 Å². The Balaban J connectivity index is 1.67. The number of aromatic amines is 1. The van der Waals surface area contributed by atoms with E-state index in [9.17, 15) is 18.0 Å². The molecule has 4 rings (SSSR count). The Morgan fingerprint density at radius 1 is 1.19 bits per heavy atom. The van der Waals surface area contributed by atoms with E-state index in [1.807, 2.05) is 18.2 Å². The van der Waals surface area contributed by atoms with Gasteiger partial charge in [-0.2, -0.15) is 23.3 Å². The van der Waals surface area contributed by atoms with Crippen LogP contribution in [0.25, 0.3) is 22.3 Å². The number of alkyl halides is 3. The van der Waals surface area contributed by atoms with Crippen LogP contribution in [0.1, 0.15) is 22.8 Å². The van der Waals surface area contributed by atoms with Crippen molar-refractivity contribution >= 4 is 28.4 Å². The van der Waals surface area contributed by atoms with Gasteiger partial charge in [0.2, 0.25) is 5.95 Å². The molecule has 0 atom stereocenters. The van der Waals surface area contributed by atoms with Crippen molar-refractivity contribution < 1.29 is 18.0 Å². The molecule has 31 heavy (non-hydrogen) atoms. The number of rotatable bonds is 5. The summed E-state index contributed by atoms with van der Waals surface area (Å²) in [6.45, 7) is 1.86. The SMILES string of the molecule is CCNC(=O)c1ccc(-c2nc(Nc3ccc4[nH]ncc4c3)n(C)n2)cc1C(F)(F)F. The minimum absolute atomic E-state index is 0.0994. The molecule has 0 radical (unpaired) electrons. The van der Waals surface area contributed by atoms with Gasteiger partial charge in [0.25, 0.3) is 5.91 Å². The predicted molar refractivity (Wildman–Crippen MR) is 109 cm³/mol. The average Bonchev–Trinajstić information content (AvgIpc) is 3.33. The molecule has 0 bridgehead atoms. The second-order valence-corrected chi connectivity index (χ2v) is 6.80. The number of H-pyrrole nitrogens is 1. The Kier molecular flexibility index (Phi) is 5.09. The second kappa shape index (κ2) is 7.74. The summed E-state index contributed by atoms with van der Waals surface area (Å²) in [5.74, 6) is -0.339. The molecule has 8 nitrogen and oxygen atoms in total. The zero-order valence-electron chi connectivity index (χ0n) is 16.6. The molecular weight excluding hydrogens is 411 g/mol. The molecule has 11 heteroatoms. The van der Waals surface area contributed by atoms with Crippen LogP contribution in [-0.4, -0.2) is 37.4 Å². The van der Waals surface area contributed by atoms with Gasteiger partial charge >= 0.3 is 6.18 Å². The number of amides is 1. The van der Waals surface area contributed by atoms with Crippen LogP contribution in [-0.2, 0) is 13.2 Å². The van der Waals surface area contributed by atoms with Crippen molar-refractivity contribution in [3.8, 4) is 11.4 Å². The van der Waals surface area contributed by atoms with Gasteiger partial charge in [-0.05, 0) is 37.3 Å². The fourth-order valence-electron chi connectivity index (χ4n) is 3.14. The summed E-state index contributed by atoms with van der Waals surface area (Å²) in [4.78, 5) is 16.4. The zero-order chi connectivity index (χ0) is 22.2. The number of nitrogens with one attached hydrogen (secondary N) is 3. The van der Waals surface area contributed by atoms with E-state index in [0.717, 1.165) is 28.7 Å². The number of aromatic nitrogens is 5. The highest BCUT2D eigenvalue weighted by molar-refractivity contribution is 5.96. The smallest absolute Gasteiger partial charge is 0.352 e. The lowest BCUT2D eigenvalue weighted by Gasteiger charge is -2.13. The summed E-state index contributed by atoms with van der Waals surface area (Å²) < 4.78 is 42.1. The first-order chi connectivity index (χ1) is 14.8. The summed E-state index contributed by atoms with van der Waals surface area (Å²) in [6, 6.07) is 8.95. The van der Waals surface area contributed by atoms with E-state index in [0.29, 0.717) is 5.95 Å². The fraction of sp³-hybridized carbons (Fsp3) is 0.200. The number of aryl methyl sites for hydroxylation is 1. The van der Waals surface area contributed by atoms with Crippen LogP contribution < -0.4 is 10.6 Å². The zero-order valence-corrected chi connectivity index (χ0v) is 16.6. The Hall–Kier alpha value is -3.89. The molecule has 0 aliphatic rings. The van der Waals surface area contributed by atoms with Crippen molar-refractivity contribution in [2.45, 2.75) is 13.1 Å². The van der Waals surface area contributed by atoms with Crippen LogP contribution in [0.4, 0.5) is 24.8 Å². The first-order valence-electron chi connectivity index (χ1n) is 9.37. The van der Waals surface area contributed by atoms with Crippen LogP contribution in [0.15, 0.2) is 42.6 Å². The van der Waals surface area contributed by atoms with Gasteiger partial charge in [0.05, 0.1) is 22.8 Å². The lowest BCUT2D eigenvalue weighted by molar-refractivity contribution is -0.137. The van der Waals surface area contributed by atoms with Gasteiger partial charge in [-0.3, -0.25) is 9.89 Å². The number of nitrogens with zero attached hydrogens (tertiary/aromatic N) is 4. The molecule has 0 aliphatic carbocycles. The van der Waals surface area contributed by atoms with Crippen molar-refractivity contribution in [2.75, 3.05) is 11.9 Å². The summed E-state index contributed by atoms with van der Waals surface area (Å²) in [5, 5.41) is 17.4. The highest BCUT2D eigenvalue weighted by Crippen LogP contribution is 2.35. The third kappa shape index (κ3) is 4.06. The van der Waals surface area contributed by atoms with E-state index in [4.69, 9.17) is 0 Å². The van der Waals surface area contributed by atoms with Gasteiger partial charge in [0.1, 0.15) is 0 Å². The van der Waals surface area contributed by atoms with Gasteiger partial charge in [-0.25, -0.2) is 4.68 Å². The number of carbonyl (C=O) groups is 1. The average molecular weight is 429 g/mol. The maximum absolute atomic E-state index is 13.6. The van der Waals surface area contributed by atoms with Crippen molar-refractivity contribution in [3.05, 3.63) is 53.7 Å². The molecule has 2 aromatic carbocycles. The van der Waals surface area contributed by atoms with Crippen LogP contribution in [0.2, 0.25) is 0 Å². The van der Waals surface area contributed by atoms with Crippen molar-refractivity contribution in [2.24, 2.45) is 7.05 Å². The van der Waals surface area contributed by atoms with E-state index in [1.165, 1.54) is 10.7 Å². The number of fused-ring (bicyclic) bond motifs is 1. The molecule has 0 saturated heterocycles. The van der Waals surface area contributed by atoms with Crippen molar-refractivity contribution in [1.29, 1.82) is 0 Å². The van der Waals surface area contributed by atoms with E-state index in [1.54, 1.807) is 20.2 Å². The Labute approximate surface area is 174 Å². The maximum atomic E-state index is 13.6. The summed E-state index contributed by atoms with van der Waals surface area (Å²) >= 11 is 0.